The molecule has 3 heteroatoms. The average molecular weight is 280 g/mol. The van der Waals surface area contributed by atoms with E-state index in [0.717, 1.165) is 19.4 Å². The van der Waals surface area contributed by atoms with Crippen molar-refractivity contribution in [2.45, 2.75) is 83.1 Å². The maximum Gasteiger partial charge on any atom is 0.223 e. The molecule has 2 N–H and O–H groups in total. The number of hydrogen-bond acceptors (Lipinski definition) is 2. The van der Waals surface area contributed by atoms with E-state index in [0.29, 0.717) is 24.4 Å². The van der Waals surface area contributed by atoms with E-state index in [9.17, 15) is 4.79 Å². The van der Waals surface area contributed by atoms with Gasteiger partial charge in [0.05, 0.1) is 0 Å². The van der Waals surface area contributed by atoms with Crippen molar-refractivity contribution in [2.24, 2.45) is 11.7 Å². The van der Waals surface area contributed by atoms with Crippen LogP contribution in [0.5, 0.6) is 0 Å². The third-order valence-corrected chi connectivity index (χ3v) is 5.13. The Morgan fingerprint density at radius 2 is 1.55 bits per heavy atom. The summed E-state index contributed by atoms with van der Waals surface area (Å²) in [6, 6.07) is 0.506. The average Bonchev–Trinajstić information content (AvgIpc) is 2.50. The molecule has 20 heavy (non-hydrogen) atoms. The van der Waals surface area contributed by atoms with Crippen molar-refractivity contribution in [3.8, 4) is 0 Å². The fourth-order valence-corrected chi connectivity index (χ4v) is 3.92. The Kier molecular flexibility index (Phi) is 6.85. The van der Waals surface area contributed by atoms with Crippen LogP contribution in [0.3, 0.4) is 0 Å². The van der Waals surface area contributed by atoms with E-state index < -0.39 is 0 Å². The van der Waals surface area contributed by atoms with Crippen molar-refractivity contribution < 1.29 is 4.79 Å². The number of carbonyl (C=O) groups excluding carboxylic acids is 1. The lowest BCUT2D eigenvalue weighted by Gasteiger charge is -2.35. The van der Waals surface area contributed by atoms with Crippen molar-refractivity contribution in [1.29, 1.82) is 0 Å². The fourth-order valence-electron chi connectivity index (χ4n) is 3.92. The van der Waals surface area contributed by atoms with Crippen molar-refractivity contribution >= 4 is 5.91 Å². The highest BCUT2D eigenvalue weighted by Crippen LogP contribution is 2.29. The summed E-state index contributed by atoms with van der Waals surface area (Å²) in [5, 5.41) is 0. The lowest BCUT2D eigenvalue weighted by Crippen LogP contribution is -2.43. The Hall–Kier alpha value is -0.570. The zero-order chi connectivity index (χ0) is 14.2. The van der Waals surface area contributed by atoms with Crippen LogP contribution in [0.2, 0.25) is 0 Å². The molecule has 0 unspecified atom stereocenters. The van der Waals surface area contributed by atoms with Crippen LogP contribution in [0.1, 0.15) is 77.0 Å². The van der Waals surface area contributed by atoms with Crippen LogP contribution < -0.4 is 5.73 Å². The maximum absolute atomic E-state index is 12.7. The Bertz CT molecular complexity index is 281. The summed E-state index contributed by atoms with van der Waals surface area (Å²) in [5.41, 5.74) is 5.65. The highest BCUT2D eigenvalue weighted by atomic mass is 16.2. The van der Waals surface area contributed by atoms with Crippen LogP contribution in [0.25, 0.3) is 0 Å². The van der Waals surface area contributed by atoms with Gasteiger partial charge in [-0.15, -0.1) is 0 Å². The molecule has 2 saturated carbocycles. The molecule has 0 aromatic rings. The Morgan fingerprint density at radius 1 is 0.950 bits per heavy atom. The van der Waals surface area contributed by atoms with E-state index in [1.165, 1.54) is 64.2 Å². The second-order valence-corrected chi connectivity index (χ2v) is 6.73. The van der Waals surface area contributed by atoms with Gasteiger partial charge in [-0.25, -0.2) is 0 Å². The molecule has 1 amide bonds. The normalized spacial score (nSPS) is 21.9. The van der Waals surface area contributed by atoms with Gasteiger partial charge < -0.3 is 10.6 Å². The predicted octanol–water partition coefficient (Wildman–Crippen LogP) is 3.47. The molecular weight excluding hydrogens is 248 g/mol. The molecule has 0 radical (unpaired) electrons. The molecule has 0 aliphatic heterocycles. The lowest BCUT2D eigenvalue weighted by atomic mass is 9.86. The first-order chi connectivity index (χ1) is 9.81. The summed E-state index contributed by atoms with van der Waals surface area (Å²) in [6.07, 6.45) is 14.6. The largest absolute Gasteiger partial charge is 0.340 e. The number of hydrogen-bond donors (Lipinski definition) is 1. The van der Waals surface area contributed by atoms with Crippen molar-refractivity contribution in [1.82, 2.24) is 4.90 Å². The first-order valence-electron chi connectivity index (χ1n) is 8.81. The molecule has 116 valence electrons. The molecule has 0 bridgehead atoms. The third kappa shape index (κ3) is 4.76. The minimum Gasteiger partial charge on any atom is -0.340 e. The molecule has 3 nitrogen and oxygen atoms in total. The van der Waals surface area contributed by atoms with E-state index in [-0.39, 0.29) is 0 Å². The van der Waals surface area contributed by atoms with Gasteiger partial charge in [0.1, 0.15) is 0 Å². The van der Waals surface area contributed by atoms with Gasteiger partial charge in [0.25, 0.3) is 0 Å². The quantitative estimate of drug-likeness (QED) is 0.810. The van der Waals surface area contributed by atoms with Crippen molar-refractivity contribution in [2.75, 3.05) is 13.1 Å². The van der Waals surface area contributed by atoms with Gasteiger partial charge >= 0.3 is 0 Å². The smallest absolute Gasteiger partial charge is 0.223 e. The summed E-state index contributed by atoms with van der Waals surface area (Å²) in [5.74, 6) is 1.07. The second kappa shape index (κ2) is 8.66. The first-order valence-corrected chi connectivity index (χ1v) is 8.81. The molecule has 2 aliphatic rings. The Labute approximate surface area is 124 Å². The monoisotopic (exact) mass is 280 g/mol. The van der Waals surface area contributed by atoms with Gasteiger partial charge in [-0.05, 0) is 44.6 Å². The highest BCUT2D eigenvalue weighted by molar-refractivity contribution is 5.76. The fraction of sp³-hybridized carbons (Fsp3) is 0.941. The van der Waals surface area contributed by atoms with Crippen LogP contribution in [0, 0.1) is 5.92 Å². The number of rotatable bonds is 6. The van der Waals surface area contributed by atoms with Crippen LogP contribution in [-0.4, -0.2) is 29.9 Å². The summed E-state index contributed by atoms with van der Waals surface area (Å²) in [6.45, 7) is 1.58. The second-order valence-electron chi connectivity index (χ2n) is 6.73. The van der Waals surface area contributed by atoms with Crippen LogP contribution in [0.4, 0.5) is 0 Å². The zero-order valence-electron chi connectivity index (χ0n) is 13.0. The van der Waals surface area contributed by atoms with Crippen LogP contribution in [0.15, 0.2) is 0 Å². The van der Waals surface area contributed by atoms with Gasteiger partial charge in [0.2, 0.25) is 5.91 Å². The summed E-state index contributed by atoms with van der Waals surface area (Å²) in [4.78, 5) is 14.9. The summed E-state index contributed by atoms with van der Waals surface area (Å²) in [7, 11) is 0. The lowest BCUT2D eigenvalue weighted by molar-refractivity contribution is -0.135. The molecule has 0 aromatic heterocycles. The van der Waals surface area contributed by atoms with Gasteiger partial charge in [-0.3, -0.25) is 4.79 Å². The summed E-state index contributed by atoms with van der Waals surface area (Å²) < 4.78 is 0. The topological polar surface area (TPSA) is 46.3 Å². The SMILES string of the molecule is NCCCN(C(=O)CC1CCCCC1)C1CCCCC1. The predicted molar refractivity (Wildman–Crippen MR) is 83.4 cm³/mol. The van der Waals surface area contributed by atoms with E-state index in [1.54, 1.807) is 0 Å². The van der Waals surface area contributed by atoms with Crippen LogP contribution in [-0.2, 0) is 4.79 Å². The minimum absolute atomic E-state index is 0.414. The zero-order valence-corrected chi connectivity index (χ0v) is 13.0. The molecule has 0 heterocycles. The number of amides is 1. The van der Waals surface area contributed by atoms with Gasteiger partial charge in [-0.1, -0.05) is 38.5 Å². The molecule has 2 aliphatic carbocycles. The number of carbonyl (C=O) groups is 1. The Morgan fingerprint density at radius 3 is 2.15 bits per heavy atom. The molecule has 2 fully saturated rings. The van der Waals surface area contributed by atoms with E-state index >= 15 is 0 Å². The van der Waals surface area contributed by atoms with Gasteiger partial charge in [0.15, 0.2) is 0 Å². The molecule has 0 aromatic carbocycles. The molecule has 0 saturated heterocycles. The molecular formula is C17H32N2O. The Balaban J connectivity index is 1.87. The minimum atomic E-state index is 0.414. The maximum atomic E-state index is 12.7. The third-order valence-electron chi connectivity index (χ3n) is 5.13. The van der Waals surface area contributed by atoms with Gasteiger partial charge in [0, 0.05) is 19.0 Å². The number of nitrogens with zero attached hydrogens (tertiary/aromatic N) is 1. The highest BCUT2D eigenvalue weighted by Gasteiger charge is 2.27. The molecule has 0 atom stereocenters. The van der Waals surface area contributed by atoms with Crippen molar-refractivity contribution in [3.05, 3.63) is 0 Å². The van der Waals surface area contributed by atoms with E-state index in [2.05, 4.69) is 4.90 Å². The van der Waals surface area contributed by atoms with E-state index in [1.807, 2.05) is 0 Å². The van der Waals surface area contributed by atoms with Crippen molar-refractivity contribution in [3.63, 3.8) is 0 Å². The van der Waals surface area contributed by atoms with Gasteiger partial charge in [-0.2, -0.15) is 0 Å². The molecule has 2 rings (SSSR count). The van der Waals surface area contributed by atoms with E-state index in [4.69, 9.17) is 5.73 Å². The van der Waals surface area contributed by atoms with Crippen LogP contribution >= 0.6 is 0 Å². The number of nitrogens with two attached hydrogens (primary N) is 1. The summed E-state index contributed by atoms with van der Waals surface area (Å²) >= 11 is 0. The molecule has 0 spiro atoms. The first kappa shape index (κ1) is 15.8. The standard InChI is InChI=1S/C17H32N2O/c18-12-7-13-19(16-10-5-2-6-11-16)17(20)14-15-8-3-1-4-9-15/h15-16H,1-14,18H2.